The summed E-state index contributed by atoms with van der Waals surface area (Å²) >= 11 is 0. The minimum absolute atomic E-state index is 0.0777. The normalized spacial score (nSPS) is 19.0. The molecule has 0 unspecified atom stereocenters. The monoisotopic (exact) mass is 391 g/mol. The number of anilines is 1. The maximum atomic E-state index is 12.8. The van der Waals surface area contributed by atoms with Crippen molar-refractivity contribution in [2.45, 2.75) is 30.6 Å². The van der Waals surface area contributed by atoms with E-state index in [0.29, 0.717) is 31.6 Å². The van der Waals surface area contributed by atoms with Gasteiger partial charge in [0.05, 0.1) is 4.90 Å². The van der Waals surface area contributed by atoms with Crippen molar-refractivity contribution in [2.24, 2.45) is 5.92 Å². The zero-order valence-corrected chi connectivity index (χ0v) is 16.1. The Labute approximate surface area is 160 Å². The SMILES string of the molecule is C=CC(=O)Nc1ccc(S(=O)(=O)N2CCC(C(=O)N3CCCC3)CC2)cc1. The molecule has 0 aliphatic carbocycles. The van der Waals surface area contributed by atoms with Gasteiger partial charge in [-0.3, -0.25) is 9.59 Å². The van der Waals surface area contributed by atoms with Crippen molar-refractivity contribution >= 4 is 27.5 Å². The van der Waals surface area contributed by atoms with E-state index in [-0.39, 0.29) is 22.6 Å². The van der Waals surface area contributed by atoms with E-state index in [4.69, 9.17) is 0 Å². The van der Waals surface area contributed by atoms with Crippen molar-refractivity contribution in [1.29, 1.82) is 0 Å². The lowest BCUT2D eigenvalue weighted by Crippen LogP contribution is -2.43. The minimum Gasteiger partial charge on any atom is -0.342 e. The lowest BCUT2D eigenvalue weighted by molar-refractivity contribution is -0.135. The standard InChI is InChI=1S/C19H25N3O4S/c1-2-18(23)20-16-5-7-17(8-6-16)27(25,26)22-13-9-15(10-14-22)19(24)21-11-3-4-12-21/h2,5-8,15H,1,3-4,9-14H2,(H,20,23). The van der Waals surface area contributed by atoms with Crippen LogP contribution in [0.2, 0.25) is 0 Å². The molecule has 1 aromatic rings. The molecule has 0 bridgehead atoms. The second kappa shape index (κ2) is 8.22. The number of carbonyl (C=O) groups excluding carboxylic acids is 2. The number of amides is 2. The highest BCUT2D eigenvalue weighted by Gasteiger charge is 2.34. The van der Waals surface area contributed by atoms with Gasteiger partial charge in [0.2, 0.25) is 21.8 Å². The highest BCUT2D eigenvalue weighted by molar-refractivity contribution is 7.89. The molecule has 2 heterocycles. The van der Waals surface area contributed by atoms with Crippen molar-refractivity contribution in [3.05, 3.63) is 36.9 Å². The Bertz CT molecular complexity index is 806. The molecule has 8 heteroatoms. The molecule has 2 amide bonds. The third-order valence-corrected chi connectivity index (χ3v) is 7.08. The summed E-state index contributed by atoms with van der Waals surface area (Å²) in [4.78, 5) is 25.9. The van der Waals surface area contributed by atoms with Gasteiger partial charge in [-0.2, -0.15) is 4.31 Å². The number of sulfonamides is 1. The van der Waals surface area contributed by atoms with Crippen LogP contribution in [0, 0.1) is 5.92 Å². The summed E-state index contributed by atoms with van der Waals surface area (Å²) < 4.78 is 27.1. The Morgan fingerprint density at radius 3 is 2.19 bits per heavy atom. The summed E-state index contributed by atoms with van der Waals surface area (Å²) in [6, 6.07) is 6.07. The van der Waals surface area contributed by atoms with Crippen LogP contribution in [0.5, 0.6) is 0 Å². The zero-order valence-electron chi connectivity index (χ0n) is 15.3. The quantitative estimate of drug-likeness (QED) is 0.776. The Morgan fingerprint density at radius 2 is 1.63 bits per heavy atom. The summed E-state index contributed by atoms with van der Waals surface area (Å²) in [5, 5.41) is 2.59. The lowest BCUT2D eigenvalue weighted by Gasteiger charge is -2.32. The van der Waals surface area contributed by atoms with Gasteiger partial charge in [-0.15, -0.1) is 0 Å². The van der Waals surface area contributed by atoms with Gasteiger partial charge in [-0.1, -0.05) is 6.58 Å². The Balaban J connectivity index is 1.61. The van der Waals surface area contributed by atoms with Crippen molar-refractivity contribution in [3.8, 4) is 0 Å². The van der Waals surface area contributed by atoms with E-state index in [0.717, 1.165) is 32.0 Å². The molecular weight excluding hydrogens is 366 g/mol. The molecule has 0 spiro atoms. The van der Waals surface area contributed by atoms with Crippen LogP contribution < -0.4 is 5.32 Å². The first-order valence-corrected chi connectivity index (χ1v) is 10.7. The highest BCUT2D eigenvalue weighted by atomic mass is 32.2. The van der Waals surface area contributed by atoms with Crippen LogP contribution in [0.3, 0.4) is 0 Å². The lowest BCUT2D eigenvalue weighted by atomic mass is 9.97. The van der Waals surface area contributed by atoms with Gasteiger partial charge in [0, 0.05) is 37.8 Å². The van der Waals surface area contributed by atoms with Crippen LogP contribution >= 0.6 is 0 Å². The number of piperidine rings is 1. The number of rotatable bonds is 5. The van der Waals surface area contributed by atoms with Gasteiger partial charge >= 0.3 is 0 Å². The van der Waals surface area contributed by atoms with Gasteiger partial charge < -0.3 is 10.2 Å². The maximum absolute atomic E-state index is 12.8. The number of benzene rings is 1. The second-order valence-corrected chi connectivity index (χ2v) is 8.87. The van der Waals surface area contributed by atoms with Crippen LogP contribution in [0.1, 0.15) is 25.7 Å². The van der Waals surface area contributed by atoms with E-state index in [1.54, 1.807) is 12.1 Å². The molecule has 0 aromatic heterocycles. The molecule has 1 aromatic carbocycles. The van der Waals surface area contributed by atoms with E-state index in [1.807, 2.05) is 4.90 Å². The number of nitrogens with one attached hydrogen (secondary N) is 1. The fourth-order valence-corrected chi connectivity index (χ4v) is 5.06. The van der Waals surface area contributed by atoms with Gasteiger partial charge in [0.25, 0.3) is 0 Å². The molecular formula is C19H25N3O4S. The van der Waals surface area contributed by atoms with E-state index in [1.165, 1.54) is 16.4 Å². The van der Waals surface area contributed by atoms with Gasteiger partial charge in [-0.25, -0.2) is 8.42 Å². The summed E-state index contributed by atoms with van der Waals surface area (Å²) in [6.07, 6.45) is 4.38. The summed E-state index contributed by atoms with van der Waals surface area (Å²) in [7, 11) is -3.61. The van der Waals surface area contributed by atoms with Crippen molar-refractivity contribution < 1.29 is 18.0 Å². The van der Waals surface area contributed by atoms with Crippen LogP contribution in [-0.4, -0.2) is 55.6 Å². The van der Waals surface area contributed by atoms with Crippen LogP contribution in [0.15, 0.2) is 41.8 Å². The first-order chi connectivity index (χ1) is 12.9. The summed E-state index contributed by atoms with van der Waals surface area (Å²) in [6.45, 7) is 5.73. The van der Waals surface area contributed by atoms with E-state index in [2.05, 4.69) is 11.9 Å². The van der Waals surface area contributed by atoms with E-state index in [9.17, 15) is 18.0 Å². The maximum Gasteiger partial charge on any atom is 0.247 e. The molecule has 2 aliphatic rings. The second-order valence-electron chi connectivity index (χ2n) is 6.93. The summed E-state index contributed by atoms with van der Waals surface area (Å²) in [5.74, 6) is -0.256. The number of hydrogen-bond donors (Lipinski definition) is 1. The fourth-order valence-electron chi connectivity index (χ4n) is 3.59. The highest BCUT2D eigenvalue weighted by Crippen LogP contribution is 2.26. The zero-order chi connectivity index (χ0) is 19.4. The topological polar surface area (TPSA) is 86.8 Å². The third kappa shape index (κ3) is 4.39. The third-order valence-electron chi connectivity index (χ3n) is 5.17. The number of likely N-dealkylation sites (tertiary alicyclic amines) is 1. The molecule has 2 fully saturated rings. The van der Waals surface area contributed by atoms with Crippen LogP contribution in [-0.2, 0) is 19.6 Å². The van der Waals surface area contributed by atoms with Gasteiger partial charge in [-0.05, 0) is 56.0 Å². The number of nitrogens with zero attached hydrogens (tertiary/aromatic N) is 2. The molecule has 0 radical (unpaired) electrons. The Hall–Kier alpha value is -2.19. The first-order valence-electron chi connectivity index (χ1n) is 9.24. The average molecular weight is 391 g/mol. The predicted octanol–water partition coefficient (Wildman–Crippen LogP) is 1.83. The minimum atomic E-state index is -3.61. The van der Waals surface area contributed by atoms with Crippen LogP contribution in [0.4, 0.5) is 5.69 Å². The molecule has 2 saturated heterocycles. The predicted molar refractivity (Wildman–Crippen MR) is 103 cm³/mol. The van der Waals surface area contributed by atoms with Gasteiger partial charge in [0.15, 0.2) is 0 Å². The number of carbonyl (C=O) groups is 2. The smallest absolute Gasteiger partial charge is 0.247 e. The van der Waals surface area contributed by atoms with Crippen molar-refractivity contribution in [2.75, 3.05) is 31.5 Å². The van der Waals surface area contributed by atoms with Gasteiger partial charge in [0.1, 0.15) is 0 Å². The molecule has 27 heavy (non-hydrogen) atoms. The van der Waals surface area contributed by atoms with E-state index >= 15 is 0 Å². The molecule has 2 aliphatic heterocycles. The Kier molecular flexibility index (Phi) is 5.96. The largest absolute Gasteiger partial charge is 0.342 e. The average Bonchev–Trinajstić information content (AvgIpc) is 3.22. The molecule has 3 rings (SSSR count). The molecule has 0 atom stereocenters. The Morgan fingerprint density at radius 1 is 1.04 bits per heavy atom. The summed E-state index contributed by atoms with van der Waals surface area (Å²) in [5.41, 5.74) is 0.508. The van der Waals surface area contributed by atoms with Crippen LogP contribution in [0.25, 0.3) is 0 Å². The fraction of sp³-hybridized carbons (Fsp3) is 0.474. The molecule has 7 nitrogen and oxygen atoms in total. The van der Waals surface area contributed by atoms with E-state index < -0.39 is 10.0 Å². The first kappa shape index (κ1) is 19.6. The number of hydrogen-bond acceptors (Lipinski definition) is 4. The molecule has 146 valence electrons. The van der Waals surface area contributed by atoms with Crippen molar-refractivity contribution in [3.63, 3.8) is 0 Å². The van der Waals surface area contributed by atoms with Crippen molar-refractivity contribution in [1.82, 2.24) is 9.21 Å². The molecule has 0 saturated carbocycles. The molecule has 1 N–H and O–H groups in total.